The molecule has 0 bridgehead atoms. The molecule has 2 aromatic rings. The Morgan fingerprint density at radius 2 is 2.07 bits per heavy atom. The first-order valence-corrected chi connectivity index (χ1v) is 9.71. The molecule has 2 heterocycles. The summed E-state index contributed by atoms with van der Waals surface area (Å²) in [6.45, 7) is 2.75. The molecular weight excluding hydrogens is 382 g/mol. The Labute approximate surface area is 168 Å². The van der Waals surface area contributed by atoms with Gasteiger partial charge in [0.25, 0.3) is 11.5 Å². The summed E-state index contributed by atoms with van der Waals surface area (Å²) in [6, 6.07) is 1.63. The second kappa shape index (κ2) is 8.05. The first-order valence-electron chi connectivity index (χ1n) is 9.71. The summed E-state index contributed by atoms with van der Waals surface area (Å²) in [6.07, 6.45) is 4.93. The lowest BCUT2D eigenvalue weighted by Crippen LogP contribution is -2.39. The van der Waals surface area contributed by atoms with Crippen molar-refractivity contribution in [3.8, 4) is 0 Å². The summed E-state index contributed by atoms with van der Waals surface area (Å²) < 4.78 is 1.45. The molecule has 1 unspecified atom stereocenters. The van der Waals surface area contributed by atoms with E-state index >= 15 is 0 Å². The van der Waals surface area contributed by atoms with Crippen LogP contribution in [0.3, 0.4) is 0 Å². The number of pyridine rings is 1. The SMILES string of the molecule is CCCn1c(=O)[nH]c(=O)c2c(C(=O)NCC(N)C3CC3)cc(C3CC3)nc21.Cl. The minimum absolute atomic E-state index is 0. The Bertz CT molecular complexity index is 1010. The largest absolute Gasteiger partial charge is 0.350 e. The number of carbonyl (C=O) groups is 1. The van der Waals surface area contributed by atoms with E-state index in [1.165, 1.54) is 4.57 Å². The van der Waals surface area contributed by atoms with Crippen molar-refractivity contribution in [1.29, 1.82) is 0 Å². The number of hydrogen-bond donors (Lipinski definition) is 3. The Morgan fingerprint density at radius 3 is 2.68 bits per heavy atom. The molecule has 28 heavy (non-hydrogen) atoms. The van der Waals surface area contributed by atoms with Crippen LogP contribution in [0, 0.1) is 5.92 Å². The van der Waals surface area contributed by atoms with Gasteiger partial charge in [-0.05, 0) is 44.1 Å². The van der Waals surface area contributed by atoms with Crippen LogP contribution < -0.4 is 22.3 Å². The summed E-state index contributed by atoms with van der Waals surface area (Å²) in [5.74, 6) is 0.423. The van der Waals surface area contributed by atoms with Crippen LogP contribution in [0.5, 0.6) is 0 Å². The van der Waals surface area contributed by atoms with Crippen molar-refractivity contribution in [2.24, 2.45) is 11.7 Å². The van der Waals surface area contributed by atoms with Crippen LogP contribution in [0.25, 0.3) is 11.0 Å². The molecule has 2 aliphatic carbocycles. The normalized spacial score (nSPS) is 17.2. The highest BCUT2D eigenvalue weighted by Gasteiger charge is 2.30. The van der Waals surface area contributed by atoms with Gasteiger partial charge in [-0.1, -0.05) is 6.92 Å². The number of amides is 1. The highest BCUT2D eigenvalue weighted by atomic mass is 35.5. The number of H-pyrrole nitrogens is 1. The van der Waals surface area contributed by atoms with Crippen molar-refractivity contribution in [3.63, 3.8) is 0 Å². The van der Waals surface area contributed by atoms with Gasteiger partial charge >= 0.3 is 5.69 Å². The van der Waals surface area contributed by atoms with Crippen molar-refractivity contribution < 1.29 is 4.79 Å². The van der Waals surface area contributed by atoms with E-state index < -0.39 is 11.2 Å². The summed E-state index contributed by atoms with van der Waals surface area (Å²) >= 11 is 0. The van der Waals surface area contributed by atoms with Gasteiger partial charge in [-0.25, -0.2) is 9.78 Å². The van der Waals surface area contributed by atoms with Crippen LogP contribution in [0.15, 0.2) is 15.7 Å². The van der Waals surface area contributed by atoms with E-state index in [2.05, 4.69) is 15.3 Å². The van der Waals surface area contributed by atoms with Gasteiger partial charge in [0, 0.05) is 30.7 Å². The van der Waals surface area contributed by atoms with Crippen LogP contribution in [0.2, 0.25) is 0 Å². The summed E-state index contributed by atoms with van der Waals surface area (Å²) in [5, 5.41) is 3.03. The number of nitrogens with zero attached hydrogens (tertiary/aromatic N) is 2. The second-order valence-corrected chi connectivity index (χ2v) is 7.69. The number of rotatable bonds is 7. The number of carbonyl (C=O) groups excluding carboxylic acids is 1. The number of aryl methyl sites for hydroxylation is 1. The molecule has 8 nitrogen and oxygen atoms in total. The molecule has 2 aliphatic rings. The molecule has 2 fully saturated rings. The topological polar surface area (TPSA) is 123 Å². The van der Waals surface area contributed by atoms with E-state index in [9.17, 15) is 14.4 Å². The number of nitrogens with two attached hydrogens (primary N) is 1. The monoisotopic (exact) mass is 407 g/mol. The summed E-state index contributed by atoms with van der Waals surface area (Å²) in [4.78, 5) is 44.6. The Balaban J connectivity index is 0.00000225. The molecule has 0 spiro atoms. The molecule has 152 valence electrons. The van der Waals surface area contributed by atoms with Gasteiger partial charge in [0.15, 0.2) is 5.65 Å². The van der Waals surface area contributed by atoms with Crippen molar-refractivity contribution in [2.75, 3.05) is 6.54 Å². The molecule has 9 heteroatoms. The third-order valence-corrected chi connectivity index (χ3v) is 5.38. The van der Waals surface area contributed by atoms with Crippen LogP contribution in [-0.2, 0) is 6.54 Å². The van der Waals surface area contributed by atoms with Gasteiger partial charge in [0.05, 0.1) is 10.9 Å². The number of aromatic nitrogens is 3. The summed E-state index contributed by atoms with van der Waals surface area (Å²) in [5.41, 5.74) is 6.36. The molecule has 0 saturated heterocycles. The van der Waals surface area contributed by atoms with Gasteiger partial charge in [-0.2, -0.15) is 0 Å². The fraction of sp³-hybridized carbons (Fsp3) is 0.579. The minimum atomic E-state index is -0.575. The fourth-order valence-corrected chi connectivity index (χ4v) is 3.49. The van der Waals surface area contributed by atoms with Gasteiger partial charge in [-0.3, -0.25) is 19.1 Å². The fourth-order valence-electron chi connectivity index (χ4n) is 3.49. The first-order chi connectivity index (χ1) is 13.0. The predicted octanol–water partition coefficient (Wildman–Crippen LogP) is 1.26. The van der Waals surface area contributed by atoms with Crippen molar-refractivity contribution in [3.05, 3.63) is 38.2 Å². The van der Waals surface area contributed by atoms with Crippen LogP contribution in [0.4, 0.5) is 0 Å². The standard InChI is InChI=1S/C19H25N5O3.ClH/c1-2-7-24-16-15(18(26)23-19(24)27)12(8-14(22-16)11-5-6-11)17(25)21-9-13(20)10-3-4-10;/h8,10-11,13H,2-7,9,20H2,1H3,(H,21,25)(H,23,26,27);1H. The average Bonchev–Trinajstić information content (AvgIpc) is 3.54. The van der Waals surface area contributed by atoms with Gasteiger partial charge in [0.1, 0.15) is 0 Å². The molecule has 1 atom stereocenters. The van der Waals surface area contributed by atoms with Crippen molar-refractivity contribution >= 4 is 29.3 Å². The zero-order valence-electron chi connectivity index (χ0n) is 15.9. The number of halogens is 1. The Hall–Kier alpha value is -2.19. The number of nitrogens with one attached hydrogen (secondary N) is 2. The number of aromatic amines is 1. The molecule has 1 amide bonds. The van der Waals surface area contributed by atoms with E-state index in [1.807, 2.05) is 6.92 Å². The van der Waals surface area contributed by atoms with E-state index in [0.717, 1.165) is 31.4 Å². The second-order valence-electron chi connectivity index (χ2n) is 7.69. The highest BCUT2D eigenvalue weighted by Crippen LogP contribution is 2.40. The van der Waals surface area contributed by atoms with Crippen LogP contribution >= 0.6 is 12.4 Å². The molecule has 2 saturated carbocycles. The zero-order chi connectivity index (χ0) is 19.1. The predicted molar refractivity (Wildman–Crippen MR) is 109 cm³/mol. The molecule has 0 aliphatic heterocycles. The molecule has 0 aromatic carbocycles. The molecule has 4 N–H and O–H groups in total. The maximum atomic E-state index is 12.9. The summed E-state index contributed by atoms with van der Waals surface area (Å²) in [7, 11) is 0. The third kappa shape index (κ3) is 3.98. The van der Waals surface area contributed by atoms with E-state index in [1.54, 1.807) is 6.07 Å². The molecule has 0 radical (unpaired) electrons. The Kier molecular flexibility index (Phi) is 5.90. The lowest BCUT2D eigenvalue weighted by Gasteiger charge is -2.15. The zero-order valence-corrected chi connectivity index (χ0v) is 16.7. The van der Waals surface area contributed by atoms with Gasteiger partial charge in [-0.15, -0.1) is 12.4 Å². The highest BCUT2D eigenvalue weighted by molar-refractivity contribution is 6.05. The van der Waals surface area contributed by atoms with Gasteiger partial charge in [0.2, 0.25) is 0 Å². The smallest absolute Gasteiger partial charge is 0.329 e. The Morgan fingerprint density at radius 1 is 1.36 bits per heavy atom. The van der Waals surface area contributed by atoms with E-state index in [0.29, 0.717) is 37.0 Å². The maximum Gasteiger partial charge on any atom is 0.329 e. The van der Waals surface area contributed by atoms with Crippen molar-refractivity contribution in [2.45, 2.75) is 57.5 Å². The quantitative estimate of drug-likeness (QED) is 0.637. The first kappa shape index (κ1) is 20.5. The van der Waals surface area contributed by atoms with Crippen LogP contribution in [0.1, 0.15) is 61.0 Å². The molecule has 4 rings (SSSR count). The number of hydrogen-bond acceptors (Lipinski definition) is 5. The third-order valence-electron chi connectivity index (χ3n) is 5.38. The maximum absolute atomic E-state index is 12.9. The van der Waals surface area contributed by atoms with E-state index in [-0.39, 0.29) is 35.3 Å². The average molecular weight is 408 g/mol. The van der Waals surface area contributed by atoms with Crippen LogP contribution in [-0.4, -0.2) is 33.0 Å². The number of fused-ring (bicyclic) bond motifs is 1. The van der Waals surface area contributed by atoms with Crippen molar-refractivity contribution in [1.82, 2.24) is 19.9 Å². The molecular formula is C19H26ClN5O3. The van der Waals surface area contributed by atoms with Gasteiger partial charge < -0.3 is 11.1 Å². The minimum Gasteiger partial charge on any atom is -0.350 e. The molecule has 2 aromatic heterocycles. The lowest BCUT2D eigenvalue weighted by atomic mass is 10.1. The van der Waals surface area contributed by atoms with E-state index in [4.69, 9.17) is 5.73 Å². The lowest BCUT2D eigenvalue weighted by molar-refractivity contribution is 0.0951.